The summed E-state index contributed by atoms with van der Waals surface area (Å²) in [6, 6.07) is 25.6. The van der Waals surface area contributed by atoms with Gasteiger partial charge >= 0.3 is 0 Å². The maximum atomic E-state index is 13.4. The second kappa shape index (κ2) is 9.89. The fourth-order valence-electron chi connectivity index (χ4n) is 4.49. The van der Waals surface area contributed by atoms with Crippen LogP contribution in [0.2, 0.25) is 0 Å². The van der Waals surface area contributed by atoms with Crippen LogP contribution in [0.4, 0.5) is 5.69 Å². The van der Waals surface area contributed by atoms with Crippen LogP contribution in [-0.2, 0) is 22.4 Å². The van der Waals surface area contributed by atoms with Crippen molar-refractivity contribution >= 4 is 39.3 Å². The van der Waals surface area contributed by atoms with Gasteiger partial charge in [-0.1, -0.05) is 54.6 Å². The van der Waals surface area contributed by atoms with Crippen LogP contribution in [0.15, 0.2) is 91.3 Å². The first-order valence-corrected chi connectivity index (χ1v) is 11.8. The van der Waals surface area contributed by atoms with E-state index in [9.17, 15) is 9.59 Å². The Hall–Kier alpha value is -4.32. The molecular formula is C29H28N4O2. The number of rotatable bonds is 8. The lowest BCUT2D eigenvalue weighted by atomic mass is 10.1. The molecule has 0 atom stereocenters. The Morgan fingerprint density at radius 1 is 0.657 bits per heavy atom. The van der Waals surface area contributed by atoms with Crippen LogP contribution in [0, 0.1) is 0 Å². The number of anilines is 1. The summed E-state index contributed by atoms with van der Waals surface area (Å²) in [5.41, 5.74) is 4.82. The van der Waals surface area contributed by atoms with Crippen LogP contribution >= 0.6 is 0 Å². The Morgan fingerprint density at radius 2 is 1.17 bits per heavy atom. The molecule has 6 nitrogen and oxygen atoms in total. The van der Waals surface area contributed by atoms with E-state index in [1.807, 2.05) is 91.3 Å². The van der Waals surface area contributed by atoms with E-state index in [2.05, 4.69) is 9.97 Å². The number of likely N-dealkylation sites (N-methyl/N-ethyl adjacent to an activating group) is 1. The van der Waals surface area contributed by atoms with Crippen LogP contribution in [-0.4, -0.2) is 46.8 Å². The molecule has 0 bridgehead atoms. The van der Waals surface area contributed by atoms with E-state index in [4.69, 9.17) is 0 Å². The second-order valence-corrected chi connectivity index (χ2v) is 8.77. The van der Waals surface area contributed by atoms with E-state index in [0.717, 1.165) is 38.6 Å². The van der Waals surface area contributed by atoms with Crippen molar-refractivity contribution in [3.8, 4) is 0 Å². The predicted molar refractivity (Wildman–Crippen MR) is 140 cm³/mol. The number of para-hydroxylation sites is 3. The van der Waals surface area contributed by atoms with Crippen molar-refractivity contribution < 1.29 is 9.59 Å². The third-order valence-electron chi connectivity index (χ3n) is 6.49. The molecule has 6 heteroatoms. The molecule has 2 N–H and O–H groups in total. The van der Waals surface area contributed by atoms with E-state index in [1.165, 1.54) is 0 Å². The highest BCUT2D eigenvalue weighted by atomic mass is 16.2. The average molecular weight is 465 g/mol. The Morgan fingerprint density at radius 3 is 1.77 bits per heavy atom. The summed E-state index contributed by atoms with van der Waals surface area (Å²) in [4.78, 5) is 36.4. The Labute approximate surface area is 204 Å². The van der Waals surface area contributed by atoms with Crippen molar-refractivity contribution in [1.82, 2.24) is 14.9 Å². The number of H-pyrrole nitrogens is 2. The highest BCUT2D eigenvalue weighted by Gasteiger charge is 2.20. The molecule has 35 heavy (non-hydrogen) atoms. The van der Waals surface area contributed by atoms with Gasteiger partial charge in [0.15, 0.2) is 0 Å². The van der Waals surface area contributed by atoms with Gasteiger partial charge in [-0.25, -0.2) is 0 Å². The number of fused-ring (bicyclic) bond motifs is 2. The van der Waals surface area contributed by atoms with Gasteiger partial charge in [0.25, 0.3) is 0 Å². The fraction of sp³-hybridized carbons (Fsp3) is 0.172. The standard InChI is InChI=1S/C29H28N4O2/c1-32(28(34)17-21-19-30-26-13-7-5-11-24(21)26)15-16-33(23-9-3-2-4-10-23)29(35)18-22-20-31-27-14-8-6-12-25(22)27/h2-14,19-20,30-31H,15-18H2,1H3. The van der Waals surface area contributed by atoms with Crippen LogP contribution in [0.3, 0.4) is 0 Å². The maximum Gasteiger partial charge on any atom is 0.231 e. The number of hydrogen-bond donors (Lipinski definition) is 2. The number of benzene rings is 3. The zero-order valence-electron chi connectivity index (χ0n) is 19.7. The normalized spacial score (nSPS) is 11.1. The molecule has 176 valence electrons. The lowest BCUT2D eigenvalue weighted by molar-refractivity contribution is -0.129. The number of carbonyl (C=O) groups excluding carboxylic acids is 2. The smallest absolute Gasteiger partial charge is 0.231 e. The minimum absolute atomic E-state index is 0.00145. The quantitative estimate of drug-likeness (QED) is 0.342. The zero-order chi connectivity index (χ0) is 24.2. The summed E-state index contributed by atoms with van der Waals surface area (Å²) in [6.45, 7) is 0.858. The monoisotopic (exact) mass is 464 g/mol. The summed E-state index contributed by atoms with van der Waals surface area (Å²) < 4.78 is 0. The molecule has 0 saturated heterocycles. The first-order valence-electron chi connectivity index (χ1n) is 11.8. The molecule has 0 aliphatic rings. The fourth-order valence-corrected chi connectivity index (χ4v) is 4.49. The van der Waals surface area contributed by atoms with Crippen molar-refractivity contribution in [2.45, 2.75) is 12.8 Å². The SMILES string of the molecule is CN(CCN(C(=O)Cc1c[nH]c2ccccc12)c1ccccc1)C(=O)Cc1c[nH]c2ccccc12. The molecule has 0 aliphatic heterocycles. The molecule has 0 aliphatic carbocycles. The number of amides is 2. The molecule has 2 heterocycles. The predicted octanol–water partition coefficient (Wildman–Crippen LogP) is 4.93. The van der Waals surface area contributed by atoms with E-state index >= 15 is 0 Å². The summed E-state index contributed by atoms with van der Waals surface area (Å²) in [6.07, 6.45) is 4.40. The van der Waals surface area contributed by atoms with Gasteiger partial charge in [-0.2, -0.15) is 0 Å². The zero-order valence-corrected chi connectivity index (χ0v) is 19.7. The van der Waals surface area contributed by atoms with Gasteiger partial charge in [0, 0.05) is 60.0 Å². The Bertz CT molecular complexity index is 1470. The van der Waals surface area contributed by atoms with Gasteiger partial charge in [-0.05, 0) is 35.4 Å². The summed E-state index contributed by atoms with van der Waals surface area (Å²) in [5, 5.41) is 2.12. The van der Waals surface area contributed by atoms with Crippen LogP contribution in [0.25, 0.3) is 21.8 Å². The van der Waals surface area contributed by atoms with E-state index in [-0.39, 0.29) is 18.2 Å². The number of nitrogens with zero attached hydrogens (tertiary/aromatic N) is 2. The van der Waals surface area contributed by atoms with Crippen molar-refractivity contribution in [3.63, 3.8) is 0 Å². The van der Waals surface area contributed by atoms with Crippen LogP contribution in [0.5, 0.6) is 0 Å². The first kappa shape index (κ1) is 22.5. The average Bonchev–Trinajstić information content (AvgIpc) is 3.49. The first-order chi connectivity index (χ1) is 17.1. The van der Waals surface area contributed by atoms with E-state index < -0.39 is 0 Å². The Kier molecular flexibility index (Phi) is 6.35. The molecule has 0 fully saturated rings. The summed E-state index contributed by atoms with van der Waals surface area (Å²) >= 11 is 0. The van der Waals surface area contributed by atoms with Crippen molar-refractivity contribution in [1.29, 1.82) is 0 Å². The molecule has 0 spiro atoms. The van der Waals surface area contributed by atoms with Gasteiger partial charge in [0.1, 0.15) is 0 Å². The molecule has 0 radical (unpaired) electrons. The van der Waals surface area contributed by atoms with Crippen molar-refractivity contribution in [2.24, 2.45) is 0 Å². The van der Waals surface area contributed by atoms with Gasteiger partial charge < -0.3 is 19.8 Å². The number of hydrogen-bond acceptors (Lipinski definition) is 2. The highest BCUT2D eigenvalue weighted by Crippen LogP contribution is 2.22. The second-order valence-electron chi connectivity index (χ2n) is 8.77. The topological polar surface area (TPSA) is 72.2 Å². The lowest BCUT2D eigenvalue weighted by Gasteiger charge is -2.26. The molecule has 5 aromatic rings. The number of aromatic nitrogens is 2. The number of nitrogens with one attached hydrogen (secondary N) is 2. The molecule has 5 rings (SSSR count). The minimum atomic E-state index is -0.00145. The summed E-state index contributed by atoms with van der Waals surface area (Å²) in [5.74, 6) is 0.0188. The molecule has 0 unspecified atom stereocenters. The largest absolute Gasteiger partial charge is 0.361 e. The van der Waals surface area contributed by atoms with Crippen LogP contribution < -0.4 is 4.90 Å². The van der Waals surface area contributed by atoms with Crippen LogP contribution in [0.1, 0.15) is 11.1 Å². The molecular weight excluding hydrogens is 436 g/mol. The van der Waals surface area contributed by atoms with Gasteiger partial charge in [-0.15, -0.1) is 0 Å². The van der Waals surface area contributed by atoms with Crippen molar-refractivity contribution in [3.05, 3.63) is 102 Å². The number of carbonyl (C=O) groups is 2. The number of aromatic amines is 2. The maximum absolute atomic E-state index is 13.4. The van der Waals surface area contributed by atoms with Gasteiger partial charge in [0.2, 0.25) is 11.8 Å². The molecule has 0 saturated carbocycles. The van der Waals surface area contributed by atoms with Crippen molar-refractivity contribution in [2.75, 3.05) is 25.0 Å². The third-order valence-corrected chi connectivity index (χ3v) is 6.49. The Balaban J connectivity index is 1.28. The van der Waals surface area contributed by atoms with E-state index in [0.29, 0.717) is 19.5 Å². The molecule has 2 amide bonds. The lowest BCUT2D eigenvalue weighted by Crippen LogP contribution is -2.40. The summed E-state index contributed by atoms with van der Waals surface area (Å²) in [7, 11) is 1.80. The molecule has 3 aromatic carbocycles. The third kappa shape index (κ3) is 4.82. The highest BCUT2D eigenvalue weighted by molar-refractivity contribution is 5.97. The molecule has 2 aromatic heterocycles. The minimum Gasteiger partial charge on any atom is -0.361 e. The van der Waals surface area contributed by atoms with Gasteiger partial charge in [-0.3, -0.25) is 9.59 Å². The van der Waals surface area contributed by atoms with Gasteiger partial charge in [0.05, 0.1) is 12.8 Å². The van der Waals surface area contributed by atoms with E-state index in [1.54, 1.807) is 16.8 Å².